The van der Waals surface area contributed by atoms with E-state index >= 15 is 0 Å². The van der Waals surface area contributed by atoms with Gasteiger partial charge in [-0.3, -0.25) is 4.99 Å². The fourth-order valence-electron chi connectivity index (χ4n) is 1.97. The Morgan fingerprint density at radius 1 is 1.33 bits per heavy atom. The first-order valence-corrected chi connectivity index (χ1v) is 7.61. The Balaban J connectivity index is 1.81. The number of thioether (sulfide) groups is 1. The predicted molar refractivity (Wildman–Crippen MR) is 86.6 cm³/mol. The number of anilines is 2. The van der Waals surface area contributed by atoms with Crippen LogP contribution in [0.5, 0.6) is 5.75 Å². The van der Waals surface area contributed by atoms with Crippen LogP contribution in [0.3, 0.4) is 0 Å². The van der Waals surface area contributed by atoms with Gasteiger partial charge in [0.25, 0.3) is 0 Å². The van der Waals surface area contributed by atoms with Gasteiger partial charge in [0.05, 0.1) is 6.54 Å². The third-order valence-corrected chi connectivity index (χ3v) is 4.26. The van der Waals surface area contributed by atoms with Crippen LogP contribution in [0.1, 0.15) is 18.2 Å². The lowest BCUT2D eigenvalue weighted by Gasteiger charge is -2.08. The first-order valence-electron chi connectivity index (χ1n) is 6.73. The number of aromatic nitrogens is 2. The van der Waals surface area contributed by atoms with Gasteiger partial charge in [-0.2, -0.15) is 0 Å². The molecule has 0 saturated carbocycles. The molecule has 0 amide bonds. The molecule has 108 valence electrons. The second-order valence-corrected chi connectivity index (χ2v) is 6.39. The number of phenolic OH excluding ortho intramolecular Hbond substituents is 1. The molecular formula is C15H16N4OS. The Bertz CT molecular complexity index is 702. The van der Waals surface area contributed by atoms with Gasteiger partial charge in [-0.25, -0.2) is 9.97 Å². The van der Waals surface area contributed by atoms with Crippen LogP contribution in [0.2, 0.25) is 0 Å². The third kappa shape index (κ3) is 3.16. The SMILES string of the molecule is Cc1ccc(Nc2nccc(C3=NCC(C)S3)n2)cc1O. The number of aliphatic imine (C=N–C) groups is 1. The molecule has 2 N–H and O–H groups in total. The quantitative estimate of drug-likeness (QED) is 0.911. The molecule has 0 bridgehead atoms. The maximum atomic E-state index is 9.73. The highest BCUT2D eigenvalue weighted by Crippen LogP contribution is 2.26. The summed E-state index contributed by atoms with van der Waals surface area (Å²) in [7, 11) is 0. The van der Waals surface area contributed by atoms with Gasteiger partial charge in [0.2, 0.25) is 5.95 Å². The lowest BCUT2D eigenvalue weighted by Crippen LogP contribution is -2.03. The molecule has 1 aliphatic rings. The zero-order chi connectivity index (χ0) is 14.8. The summed E-state index contributed by atoms with van der Waals surface area (Å²) in [4.78, 5) is 13.2. The summed E-state index contributed by atoms with van der Waals surface area (Å²) in [5.41, 5.74) is 2.42. The van der Waals surface area contributed by atoms with Gasteiger partial charge in [0.15, 0.2) is 0 Å². The van der Waals surface area contributed by atoms with Crippen molar-refractivity contribution in [1.29, 1.82) is 0 Å². The van der Waals surface area contributed by atoms with Gasteiger partial charge in [-0.05, 0) is 24.6 Å². The number of aryl methyl sites for hydroxylation is 1. The van der Waals surface area contributed by atoms with Crippen molar-refractivity contribution >= 4 is 28.4 Å². The average Bonchev–Trinajstić information content (AvgIpc) is 2.90. The fraction of sp³-hybridized carbons (Fsp3) is 0.267. The Labute approximate surface area is 127 Å². The zero-order valence-electron chi connectivity index (χ0n) is 11.9. The van der Waals surface area contributed by atoms with E-state index in [9.17, 15) is 5.11 Å². The molecule has 0 aliphatic carbocycles. The summed E-state index contributed by atoms with van der Waals surface area (Å²) >= 11 is 1.73. The van der Waals surface area contributed by atoms with Crippen LogP contribution in [0.4, 0.5) is 11.6 Å². The maximum absolute atomic E-state index is 9.73. The van der Waals surface area contributed by atoms with Crippen molar-refractivity contribution in [2.24, 2.45) is 4.99 Å². The average molecular weight is 300 g/mol. The molecule has 1 unspecified atom stereocenters. The van der Waals surface area contributed by atoms with E-state index < -0.39 is 0 Å². The minimum atomic E-state index is 0.251. The second kappa shape index (κ2) is 5.73. The van der Waals surface area contributed by atoms with Gasteiger partial charge in [-0.1, -0.05) is 24.8 Å². The smallest absolute Gasteiger partial charge is 0.227 e. The number of phenols is 1. The number of hydrogen-bond donors (Lipinski definition) is 2. The van der Waals surface area contributed by atoms with E-state index in [1.54, 1.807) is 24.0 Å². The molecule has 1 aromatic heterocycles. The van der Waals surface area contributed by atoms with Crippen molar-refractivity contribution < 1.29 is 5.11 Å². The molecule has 3 rings (SSSR count). The molecule has 2 heterocycles. The van der Waals surface area contributed by atoms with Crippen molar-refractivity contribution in [2.45, 2.75) is 19.1 Å². The molecule has 1 aliphatic heterocycles. The van der Waals surface area contributed by atoms with E-state index in [-0.39, 0.29) is 5.75 Å². The van der Waals surface area contributed by atoms with Gasteiger partial charge in [0.1, 0.15) is 16.5 Å². The molecule has 5 nitrogen and oxygen atoms in total. The monoisotopic (exact) mass is 300 g/mol. The molecule has 2 aromatic rings. The Kier molecular flexibility index (Phi) is 3.79. The first kappa shape index (κ1) is 13.9. The Hall–Kier alpha value is -2.08. The molecular weight excluding hydrogens is 284 g/mol. The van der Waals surface area contributed by atoms with Crippen molar-refractivity contribution in [3.63, 3.8) is 0 Å². The molecule has 0 fully saturated rings. The first-order chi connectivity index (χ1) is 10.1. The van der Waals surface area contributed by atoms with Crippen LogP contribution in [0.15, 0.2) is 35.5 Å². The molecule has 1 aromatic carbocycles. The maximum Gasteiger partial charge on any atom is 0.227 e. The number of nitrogens with zero attached hydrogens (tertiary/aromatic N) is 3. The second-order valence-electron chi connectivity index (χ2n) is 4.97. The van der Waals surface area contributed by atoms with E-state index in [2.05, 4.69) is 27.2 Å². The van der Waals surface area contributed by atoms with Gasteiger partial charge in [-0.15, -0.1) is 0 Å². The minimum absolute atomic E-state index is 0.251. The predicted octanol–water partition coefficient (Wildman–Crippen LogP) is 3.12. The molecule has 0 radical (unpaired) electrons. The molecule has 1 atom stereocenters. The zero-order valence-corrected chi connectivity index (χ0v) is 12.7. The van der Waals surface area contributed by atoms with Crippen molar-refractivity contribution in [1.82, 2.24) is 9.97 Å². The van der Waals surface area contributed by atoms with E-state index in [1.165, 1.54) is 0 Å². The summed E-state index contributed by atoms with van der Waals surface area (Å²) in [6.45, 7) is 4.84. The molecule has 0 saturated heterocycles. The van der Waals surface area contributed by atoms with E-state index in [4.69, 9.17) is 0 Å². The minimum Gasteiger partial charge on any atom is -0.508 e. The largest absolute Gasteiger partial charge is 0.508 e. The summed E-state index contributed by atoms with van der Waals surface area (Å²) in [5.74, 6) is 0.749. The van der Waals surface area contributed by atoms with Crippen LogP contribution in [0.25, 0.3) is 0 Å². The highest BCUT2D eigenvalue weighted by Gasteiger charge is 2.18. The normalized spacial score (nSPS) is 17.6. The Morgan fingerprint density at radius 2 is 2.19 bits per heavy atom. The van der Waals surface area contributed by atoms with Gasteiger partial charge < -0.3 is 10.4 Å². The highest BCUT2D eigenvalue weighted by molar-refractivity contribution is 8.15. The fourth-order valence-corrected chi connectivity index (χ4v) is 2.89. The molecule has 21 heavy (non-hydrogen) atoms. The van der Waals surface area contributed by atoms with Crippen molar-refractivity contribution in [3.8, 4) is 5.75 Å². The summed E-state index contributed by atoms with van der Waals surface area (Å²) < 4.78 is 0. The number of aromatic hydroxyl groups is 1. The highest BCUT2D eigenvalue weighted by atomic mass is 32.2. The van der Waals surface area contributed by atoms with Crippen LogP contribution in [-0.4, -0.2) is 31.9 Å². The lowest BCUT2D eigenvalue weighted by atomic mass is 10.2. The summed E-state index contributed by atoms with van der Waals surface area (Å²) in [6.07, 6.45) is 1.71. The number of rotatable bonds is 3. The van der Waals surface area contributed by atoms with Crippen LogP contribution in [-0.2, 0) is 0 Å². The van der Waals surface area contributed by atoms with E-state index in [0.29, 0.717) is 11.2 Å². The van der Waals surface area contributed by atoms with Crippen molar-refractivity contribution in [2.75, 3.05) is 11.9 Å². The number of nitrogens with one attached hydrogen (secondary N) is 1. The van der Waals surface area contributed by atoms with Crippen molar-refractivity contribution in [3.05, 3.63) is 41.7 Å². The van der Waals surface area contributed by atoms with Gasteiger partial charge >= 0.3 is 0 Å². The van der Waals surface area contributed by atoms with Crippen LogP contribution >= 0.6 is 11.8 Å². The summed E-state index contributed by atoms with van der Waals surface area (Å²) in [5, 5.41) is 14.3. The molecule has 6 heteroatoms. The number of benzene rings is 1. The van der Waals surface area contributed by atoms with Gasteiger partial charge in [0, 0.05) is 23.2 Å². The van der Waals surface area contributed by atoms with E-state index in [1.807, 2.05) is 25.1 Å². The standard InChI is InChI=1S/C15H16N4OS/c1-9-3-4-11(7-13(9)20)18-15-16-6-5-12(19-15)14-17-8-10(2)21-14/h3-7,10,20H,8H2,1-2H3,(H,16,18,19). The lowest BCUT2D eigenvalue weighted by molar-refractivity contribution is 0.471. The van der Waals surface area contributed by atoms with E-state index in [0.717, 1.165) is 28.5 Å². The number of hydrogen-bond acceptors (Lipinski definition) is 6. The third-order valence-electron chi connectivity index (χ3n) is 3.14. The Morgan fingerprint density at radius 3 is 2.90 bits per heavy atom. The topological polar surface area (TPSA) is 70.4 Å². The molecule has 0 spiro atoms. The van der Waals surface area contributed by atoms with Crippen LogP contribution < -0.4 is 5.32 Å². The van der Waals surface area contributed by atoms with Crippen LogP contribution in [0, 0.1) is 6.92 Å². The summed E-state index contributed by atoms with van der Waals surface area (Å²) in [6, 6.07) is 7.26.